The maximum atomic E-state index is 12.2. The molecule has 0 aromatic heterocycles. The summed E-state index contributed by atoms with van der Waals surface area (Å²) >= 11 is 0. The molecule has 11 nitrogen and oxygen atoms in total. The molecule has 11 heteroatoms. The number of benzene rings is 2. The highest BCUT2D eigenvalue weighted by Gasteiger charge is 2.16. The Hall–Kier alpha value is -4.28. The molecule has 3 rings (SSSR count). The van der Waals surface area contributed by atoms with Gasteiger partial charge in [0.15, 0.2) is 29.6 Å². The lowest BCUT2D eigenvalue weighted by molar-refractivity contribution is -0.145. The summed E-state index contributed by atoms with van der Waals surface area (Å²) in [4.78, 5) is 35.7. The molecule has 2 aromatic carbocycles. The SMILES string of the molecule is CCOC(=O)COc1ccc(C=NNC(=O)CNC(=O)c2ccc3c(c2)OCO3)cc1OCC. The van der Waals surface area contributed by atoms with Gasteiger partial charge in [0.25, 0.3) is 11.8 Å². The molecule has 0 fully saturated rings. The number of hydrogen-bond acceptors (Lipinski definition) is 9. The van der Waals surface area contributed by atoms with Gasteiger partial charge in [-0.05, 0) is 55.8 Å². The summed E-state index contributed by atoms with van der Waals surface area (Å²) in [5.74, 6) is 0.409. The van der Waals surface area contributed by atoms with Crippen molar-refractivity contribution in [3.63, 3.8) is 0 Å². The molecular weight excluding hydrogens is 446 g/mol. The highest BCUT2D eigenvalue weighted by molar-refractivity contribution is 5.97. The molecule has 1 aliphatic rings. The van der Waals surface area contributed by atoms with Crippen LogP contribution in [-0.4, -0.2) is 57.2 Å². The largest absolute Gasteiger partial charge is 0.490 e. The van der Waals surface area contributed by atoms with Crippen LogP contribution in [0.1, 0.15) is 29.8 Å². The first-order chi connectivity index (χ1) is 16.5. The van der Waals surface area contributed by atoms with Gasteiger partial charge in [-0.3, -0.25) is 9.59 Å². The molecule has 0 saturated carbocycles. The van der Waals surface area contributed by atoms with Crippen molar-refractivity contribution in [1.29, 1.82) is 0 Å². The summed E-state index contributed by atoms with van der Waals surface area (Å²) in [7, 11) is 0. The van der Waals surface area contributed by atoms with Crippen LogP contribution in [-0.2, 0) is 14.3 Å². The number of fused-ring (bicyclic) bond motifs is 1. The first-order valence-corrected chi connectivity index (χ1v) is 10.5. The number of nitrogens with zero attached hydrogens (tertiary/aromatic N) is 1. The van der Waals surface area contributed by atoms with Crippen LogP contribution in [0, 0.1) is 0 Å². The van der Waals surface area contributed by atoms with E-state index in [0.717, 1.165) is 0 Å². The van der Waals surface area contributed by atoms with Crippen molar-refractivity contribution in [2.24, 2.45) is 5.10 Å². The van der Waals surface area contributed by atoms with Crippen LogP contribution >= 0.6 is 0 Å². The van der Waals surface area contributed by atoms with Crippen LogP contribution < -0.4 is 29.7 Å². The van der Waals surface area contributed by atoms with Crippen LogP contribution in [0.15, 0.2) is 41.5 Å². The smallest absolute Gasteiger partial charge is 0.344 e. The van der Waals surface area contributed by atoms with Crippen molar-refractivity contribution in [3.05, 3.63) is 47.5 Å². The van der Waals surface area contributed by atoms with Crippen molar-refractivity contribution in [2.45, 2.75) is 13.8 Å². The molecular formula is C23H25N3O8. The van der Waals surface area contributed by atoms with E-state index in [0.29, 0.717) is 40.7 Å². The van der Waals surface area contributed by atoms with Crippen LogP contribution in [0.5, 0.6) is 23.0 Å². The van der Waals surface area contributed by atoms with E-state index in [1.54, 1.807) is 43.3 Å². The van der Waals surface area contributed by atoms with Crippen molar-refractivity contribution in [3.8, 4) is 23.0 Å². The first-order valence-electron chi connectivity index (χ1n) is 10.5. The van der Waals surface area contributed by atoms with E-state index in [4.69, 9.17) is 23.7 Å². The summed E-state index contributed by atoms with van der Waals surface area (Å²) in [6.07, 6.45) is 1.41. The van der Waals surface area contributed by atoms with Gasteiger partial charge in [-0.2, -0.15) is 5.10 Å². The van der Waals surface area contributed by atoms with Crippen LogP contribution in [0.25, 0.3) is 0 Å². The standard InChI is InChI=1S/C23H25N3O8/c1-3-30-19-9-15(5-7-17(19)32-13-22(28)31-4-2)11-25-26-21(27)12-24-23(29)16-6-8-18-20(10-16)34-14-33-18/h5-11H,3-4,12-14H2,1-2H3,(H,24,29)(H,26,27). The zero-order valence-corrected chi connectivity index (χ0v) is 18.8. The van der Waals surface area contributed by atoms with Gasteiger partial charge in [0, 0.05) is 5.56 Å². The highest BCUT2D eigenvalue weighted by Crippen LogP contribution is 2.32. The molecule has 0 spiro atoms. The van der Waals surface area contributed by atoms with Crippen molar-refractivity contribution >= 4 is 24.0 Å². The number of amides is 2. The maximum absolute atomic E-state index is 12.2. The Labute approximate surface area is 196 Å². The van der Waals surface area contributed by atoms with E-state index in [2.05, 4.69) is 15.8 Å². The lowest BCUT2D eigenvalue weighted by atomic mass is 10.2. The molecule has 0 atom stereocenters. The normalized spacial score (nSPS) is 11.7. The van der Waals surface area contributed by atoms with E-state index in [-0.39, 0.29) is 26.6 Å². The minimum Gasteiger partial charge on any atom is -0.490 e. The molecule has 180 valence electrons. The lowest BCUT2D eigenvalue weighted by Crippen LogP contribution is -2.34. The molecule has 34 heavy (non-hydrogen) atoms. The fourth-order valence-electron chi connectivity index (χ4n) is 2.85. The molecule has 2 amide bonds. The molecule has 1 aliphatic heterocycles. The summed E-state index contributed by atoms with van der Waals surface area (Å²) in [5.41, 5.74) is 3.30. The summed E-state index contributed by atoms with van der Waals surface area (Å²) in [6.45, 7) is 3.78. The van der Waals surface area contributed by atoms with E-state index >= 15 is 0 Å². The Bertz CT molecular complexity index is 1070. The van der Waals surface area contributed by atoms with Gasteiger partial charge in [-0.25, -0.2) is 10.2 Å². The fourth-order valence-corrected chi connectivity index (χ4v) is 2.85. The summed E-state index contributed by atoms with van der Waals surface area (Å²) < 4.78 is 26.3. The quantitative estimate of drug-likeness (QED) is 0.287. The minimum absolute atomic E-state index is 0.107. The van der Waals surface area contributed by atoms with E-state index in [9.17, 15) is 14.4 Å². The second-order valence-corrected chi connectivity index (χ2v) is 6.78. The summed E-state index contributed by atoms with van der Waals surface area (Å²) in [6, 6.07) is 9.71. The Morgan fingerprint density at radius 1 is 1.00 bits per heavy atom. The molecule has 0 saturated heterocycles. The van der Waals surface area contributed by atoms with Crippen molar-refractivity contribution in [1.82, 2.24) is 10.7 Å². The molecule has 0 aliphatic carbocycles. The topological polar surface area (TPSA) is 134 Å². The number of hydrogen-bond donors (Lipinski definition) is 2. The molecule has 2 N–H and O–H groups in total. The van der Waals surface area contributed by atoms with Crippen molar-refractivity contribution in [2.75, 3.05) is 33.2 Å². The average Bonchev–Trinajstić information content (AvgIpc) is 3.30. The van der Waals surface area contributed by atoms with E-state index in [1.165, 1.54) is 6.21 Å². The minimum atomic E-state index is -0.509. The third-order valence-electron chi connectivity index (χ3n) is 4.37. The molecule has 2 aromatic rings. The fraction of sp³-hybridized carbons (Fsp3) is 0.304. The van der Waals surface area contributed by atoms with Gasteiger partial charge in [0.05, 0.1) is 26.0 Å². The van der Waals surface area contributed by atoms with Gasteiger partial charge >= 0.3 is 5.97 Å². The molecule has 0 unspecified atom stereocenters. The number of rotatable bonds is 11. The first kappa shape index (κ1) is 24.4. The lowest BCUT2D eigenvalue weighted by Gasteiger charge is -2.12. The number of hydrazone groups is 1. The van der Waals surface area contributed by atoms with Crippen molar-refractivity contribution < 1.29 is 38.1 Å². The maximum Gasteiger partial charge on any atom is 0.344 e. The number of esters is 1. The van der Waals surface area contributed by atoms with Gasteiger partial charge in [-0.15, -0.1) is 0 Å². The Morgan fingerprint density at radius 3 is 2.62 bits per heavy atom. The zero-order valence-electron chi connectivity index (χ0n) is 18.8. The van der Waals surface area contributed by atoms with Crippen LogP contribution in [0.4, 0.5) is 0 Å². The molecule has 1 heterocycles. The second kappa shape index (κ2) is 12.1. The monoisotopic (exact) mass is 471 g/mol. The number of carbonyl (C=O) groups is 3. The predicted octanol–water partition coefficient (Wildman–Crippen LogP) is 1.64. The van der Waals surface area contributed by atoms with Gasteiger partial charge in [0.2, 0.25) is 6.79 Å². The number of nitrogens with one attached hydrogen (secondary N) is 2. The third-order valence-corrected chi connectivity index (χ3v) is 4.37. The van der Waals surface area contributed by atoms with Crippen LogP contribution in [0.3, 0.4) is 0 Å². The third kappa shape index (κ3) is 6.86. The Kier molecular flexibility index (Phi) is 8.67. The molecule has 0 radical (unpaired) electrons. The summed E-state index contributed by atoms with van der Waals surface area (Å²) in [5, 5.41) is 6.39. The van der Waals surface area contributed by atoms with Gasteiger partial charge < -0.3 is 29.0 Å². The number of carbonyl (C=O) groups excluding carboxylic acids is 3. The Morgan fingerprint density at radius 2 is 1.82 bits per heavy atom. The highest BCUT2D eigenvalue weighted by atomic mass is 16.7. The second-order valence-electron chi connectivity index (χ2n) is 6.78. The Balaban J connectivity index is 1.49. The van der Waals surface area contributed by atoms with Crippen LogP contribution in [0.2, 0.25) is 0 Å². The van der Waals surface area contributed by atoms with E-state index in [1.807, 2.05) is 6.92 Å². The molecule has 0 bridgehead atoms. The predicted molar refractivity (Wildman–Crippen MR) is 120 cm³/mol. The van der Waals surface area contributed by atoms with E-state index < -0.39 is 17.8 Å². The zero-order chi connectivity index (χ0) is 24.3. The number of ether oxygens (including phenoxy) is 5. The van der Waals surface area contributed by atoms with Gasteiger partial charge in [0.1, 0.15) is 0 Å². The van der Waals surface area contributed by atoms with Gasteiger partial charge in [-0.1, -0.05) is 0 Å². The average molecular weight is 471 g/mol.